The van der Waals surface area contributed by atoms with Crippen LogP contribution in [0.4, 0.5) is 0 Å². The van der Waals surface area contributed by atoms with Crippen molar-refractivity contribution in [2.75, 3.05) is 27.7 Å². The standard InChI is InChI=1S/C9H14BrN.C5H5.Fe.HI/c1-11(2,3)7-8-5-4-6-9(8)10;1-2-4-5-3-1;;/h4-6H,7H2,1-3H3;1-5H;;1H/q+1;;+2;/p-1. The minimum absolute atomic E-state index is 0. The summed E-state index contributed by atoms with van der Waals surface area (Å²) in [6.07, 6.45) is 16.3. The van der Waals surface area contributed by atoms with Gasteiger partial charge in [0.1, 0.15) is 0 Å². The molecule has 10 radical (unpaired) electrons. The zero-order valence-electron chi connectivity index (χ0n) is 10.9. The van der Waals surface area contributed by atoms with Gasteiger partial charge in [-0.05, 0) is 51.4 Å². The first-order chi connectivity index (χ1) is 7.49. The van der Waals surface area contributed by atoms with Crippen LogP contribution in [0.2, 0.25) is 0 Å². The SMILES string of the molecule is C[N+](C)(C)C[C]1[CH][CH][CH][C]1Br.[CH]1[CH][CH][CH][CH]1.[Fe+2].[I-]. The van der Waals surface area contributed by atoms with Crippen LogP contribution < -0.4 is 24.0 Å². The van der Waals surface area contributed by atoms with E-state index in [1.807, 2.05) is 32.1 Å². The summed E-state index contributed by atoms with van der Waals surface area (Å²) in [6.45, 7) is 1.08. The normalized spacial score (nSPS) is 20.7. The Balaban J connectivity index is 0. The molecule has 2 saturated carbocycles. The van der Waals surface area contributed by atoms with Gasteiger partial charge in [0.2, 0.25) is 0 Å². The smallest absolute Gasteiger partial charge is 1.00 e. The molecular formula is C14H19BrFeIN+2. The van der Waals surface area contributed by atoms with Gasteiger partial charge in [0.25, 0.3) is 0 Å². The van der Waals surface area contributed by atoms with Gasteiger partial charge in [0, 0.05) is 0 Å². The summed E-state index contributed by atoms with van der Waals surface area (Å²) in [4.78, 5) is 1.23. The van der Waals surface area contributed by atoms with Crippen molar-refractivity contribution in [2.45, 2.75) is 0 Å². The molecule has 0 N–H and O–H groups in total. The van der Waals surface area contributed by atoms with Crippen molar-refractivity contribution in [3.8, 4) is 0 Å². The van der Waals surface area contributed by atoms with E-state index in [1.165, 1.54) is 10.7 Å². The first kappa shape index (κ1) is 22.0. The second-order valence-corrected chi connectivity index (χ2v) is 5.66. The van der Waals surface area contributed by atoms with E-state index in [0.717, 1.165) is 11.0 Å². The van der Waals surface area contributed by atoms with E-state index in [4.69, 9.17) is 0 Å². The van der Waals surface area contributed by atoms with E-state index >= 15 is 0 Å². The van der Waals surface area contributed by atoms with Crippen molar-refractivity contribution in [1.29, 1.82) is 0 Å². The molecule has 0 aromatic rings. The molecule has 0 aliphatic heterocycles. The van der Waals surface area contributed by atoms with Crippen LogP contribution in [0, 0.1) is 62.1 Å². The second-order valence-electron chi connectivity index (χ2n) is 4.81. The number of hydrogen-bond acceptors (Lipinski definition) is 0. The zero-order chi connectivity index (χ0) is 12.0. The Bertz CT molecular complexity index is 185. The van der Waals surface area contributed by atoms with Gasteiger partial charge >= 0.3 is 17.1 Å². The minimum Gasteiger partial charge on any atom is -1.00 e. The molecule has 0 heterocycles. The van der Waals surface area contributed by atoms with Gasteiger partial charge in [0.05, 0.1) is 38.4 Å². The molecule has 0 aromatic carbocycles. The maximum Gasteiger partial charge on any atom is 2.00 e. The number of halogens is 2. The predicted octanol–water partition coefficient (Wildman–Crippen LogP) is -0.157. The molecule has 2 fully saturated rings. The summed E-state index contributed by atoms with van der Waals surface area (Å²) >= 11 is 3.51. The van der Waals surface area contributed by atoms with Crippen LogP contribution in [0.5, 0.6) is 0 Å². The summed E-state index contributed by atoms with van der Waals surface area (Å²) in [5, 5.41) is 0. The number of quaternary nitrogens is 1. The number of rotatable bonds is 2. The summed E-state index contributed by atoms with van der Waals surface area (Å²) in [5.74, 6) is 1.39. The Morgan fingerprint density at radius 3 is 1.61 bits per heavy atom. The molecule has 4 heteroatoms. The van der Waals surface area contributed by atoms with Crippen molar-refractivity contribution < 1.29 is 45.5 Å². The molecule has 18 heavy (non-hydrogen) atoms. The average Bonchev–Trinajstić information content (AvgIpc) is 2.79. The van der Waals surface area contributed by atoms with E-state index in [0.29, 0.717) is 0 Å². The zero-order valence-corrected chi connectivity index (χ0v) is 15.7. The van der Waals surface area contributed by atoms with Gasteiger partial charge in [0.15, 0.2) is 0 Å². The van der Waals surface area contributed by atoms with Crippen molar-refractivity contribution in [2.24, 2.45) is 0 Å². The maximum atomic E-state index is 3.51. The van der Waals surface area contributed by atoms with Crippen LogP contribution in [0.3, 0.4) is 0 Å². The van der Waals surface area contributed by atoms with Gasteiger partial charge in [-0.25, -0.2) is 0 Å². The molecule has 0 spiro atoms. The quantitative estimate of drug-likeness (QED) is 0.303. The Kier molecular flexibility index (Phi) is 13.9. The van der Waals surface area contributed by atoms with Crippen molar-refractivity contribution in [1.82, 2.24) is 0 Å². The van der Waals surface area contributed by atoms with Crippen molar-refractivity contribution in [3.63, 3.8) is 0 Å². The molecule has 2 aliphatic rings. The van der Waals surface area contributed by atoms with Gasteiger partial charge < -0.3 is 28.5 Å². The minimum atomic E-state index is 0. The molecule has 0 saturated heterocycles. The number of nitrogens with zero attached hydrogens (tertiary/aromatic N) is 1. The van der Waals surface area contributed by atoms with Gasteiger partial charge in [-0.3, -0.25) is 0 Å². The summed E-state index contributed by atoms with van der Waals surface area (Å²) in [6, 6.07) is 0. The molecule has 0 unspecified atom stereocenters. The molecule has 1 nitrogen and oxygen atoms in total. The van der Waals surface area contributed by atoms with E-state index in [2.05, 4.69) is 56.3 Å². The fourth-order valence-electron chi connectivity index (χ4n) is 1.40. The molecular weight excluding hydrogens is 445 g/mol. The van der Waals surface area contributed by atoms with Crippen LogP contribution >= 0.6 is 15.9 Å². The molecule has 100 valence electrons. The van der Waals surface area contributed by atoms with Crippen LogP contribution in [-0.2, 0) is 17.1 Å². The third kappa shape index (κ3) is 10.5. The van der Waals surface area contributed by atoms with E-state index in [9.17, 15) is 0 Å². The summed E-state index contributed by atoms with van der Waals surface area (Å²) in [5.41, 5.74) is 0. The first-order valence-electron chi connectivity index (χ1n) is 5.36. The molecule has 0 atom stereocenters. The molecule has 2 rings (SSSR count). The largest absolute Gasteiger partial charge is 2.00 e. The first-order valence-corrected chi connectivity index (χ1v) is 6.15. The second kappa shape index (κ2) is 11.4. The van der Waals surface area contributed by atoms with Gasteiger partial charge in [-0.1, -0.05) is 15.9 Å². The average molecular weight is 464 g/mol. The Labute approximate surface area is 150 Å². The monoisotopic (exact) mass is 463 g/mol. The van der Waals surface area contributed by atoms with Crippen LogP contribution in [0.1, 0.15) is 0 Å². The van der Waals surface area contributed by atoms with Gasteiger partial charge in [-0.15, -0.1) is 0 Å². The maximum absolute atomic E-state index is 3.51. The van der Waals surface area contributed by atoms with E-state index in [1.54, 1.807) is 0 Å². The van der Waals surface area contributed by atoms with Crippen LogP contribution in [-0.4, -0.2) is 32.2 Å². The topological polar surface area (TPSA) is 0 Å². The fraction of sp³-hybridized carbons (Fsp3) is 0.286. The molecule has 0 amide bonds. The van der Waals surface area contributed by atoms with Crippen molar-refractivity contribution >= 4 is 15.9 Å². The molecule has 0 aromatic heterocycles. The predicted molar refractivity (Wildman–Crippen MR) is 72.7 cm³/mol. The number of hydrogen-bond donors (Lipinski definition) is 0. The Hall–Kier alpha value is 1.69. The summed E-state index contributed by atoms with van der Waals surface area (Å²) < 4.78 is 0.975. The van der Waals surface area contributed by atoms with E-state index < -0.39 is 0 Å². The van der Waals surface area contributed by atoms with Crippen molar-refractivity contribution in [3.05, 3.63) is 62.1 Å². The summed E-state index contributed by atoms with van der Waals surface area (Å²) in [7, 11) is 6.58. The fourth-order valence-corrected chi connectivity index (χ4v) is 1.81. The Morgan fingerprint density at radius 2 is 1.33 bits per heavy atom. The molecule has 2 aliphatic carbocycles. The van der Waals surface area contributed by atoms with Crippen LogP contribution in [0.25, 0.3) is 0 Å². The third-order valence-corrected chi connectivity index (χ3v) is 2.82. The molecule has 0 bridgehead atoms. The van der Waals surface area contributed by atoms with Gasteiger partial charge in [-0.2, -0.15) is 0 Å². The third-order valence-electron chi connectivity index (χ3n) is 2.05. The Morgan fingerprint density at radius 1 is 0.889 bits per heavy atom. The van der Waals surface area contributed by atoms with Crippen LogP contribution in [0.15, 0.2) is 0 Å². The van der Waals surface area contributed by atoms with E-state index in [-0.39, 0.29) is 41.0 Å².